The van der Waals surface area contributed by atoms with Gasteiger partial charge in [0, 0.05) is 11.1 Å². The van der Waals surface area contributed by atoms with Crippen molar-refractivity contribution in [3.8, 4) is 11.1 Å². The minimum atomic E-state index is 0.784. The maximum atomic E-state index is 5.82. The van der Waals surface area contributed by atoms with E-state index in [9.17, 15) is 0 Å². The van der Waals surface area contributed by atoms with Gasteiger partial charge >= 0.3 is 0 Å². The first kappa shape index (κ1) is 9.90. The summed E-state index contributed by atoms with van der Waals surface area (Å²) < 4.78 is 0. The summed E-state index contributed by atoms with van der Waals surface area (Å²) in [5, 5.41) is 8.17. The Morgan fingerprint density at radius 1 is 1.18 bits per heavy atom. The molecule has 0 radical (unpaired) electrons. The van der Waals surface area contributed by atoms with Gasteiger partial charge in [0.25, 0.3) is 0 Å². The molecule has 1 aromatic heterocycles. The van der Waals surface area contributed by atoms with Crippen molar-refractivity contribution < 1.29 is 0 Å². The quantitative estimate of drug-likeness (QED) is 0.623. The zero-order chi connectivity index (χ0) is 11.8. The number of fused-ring (bicyclic) bond motifs is 1. The number of aromatic nitrogens is 2. The zero-order valence-corrected chi connectivity index (χ0v) is 9.57. The average Bonchev–Trinajstić information content (AvgIpc) is 2.75. The molecular weight excluding hydrogens is 210 g/mol. The maximum absolute atomic E-state index is 5.82. The van der Waals surface area contributed by atoms with Crippen LogP contribution in [-0.4, -0.2) is 10.2 Å². The van der Waals surface area contributed by atoms with E-state index in [4.69, 9.17) is 5.73 Å². The molecule has 0 bridgehead atoms. The van der Waals surface area contributed by atoms with E-state index in [1.54, 1.807) is 0 Å². The minimum absolute atomic E-state index is 0.784. The fourth-order valence-electron chi connectivity index (χ4n) is 2.12. The smallest absolute Gasteiger partial charge is 0.0656 e. The van der Waals surface area contributed by atoms with Gasteiger partial charge in [-0.25, -0.2) is 0 Å². The molecule has 0 unspecified atom stereocenters. The van der Waals surface area contributed by atoms with Gasteiger partial charge in [0.1, 0.15) is 0 Å². The number of hydrogen-bond donors (Lipinski definition) is 2. The third kappa shape index (κ3) is 1.65. The molecule has 0 amide bonds. The molecule has 84 valence electrons. The van der Waals surface area contributed by atoms with Crippen LogP contribution in [-0.2, 0) is 0 Å². The van der Waals surface area contributed by atoms with E-state index in [2.05, 4.69) is 35.3 Å². The van der Waals surface area contributed by atoms with Crippen LogP contribution in [0.15, 0.2) is 42.6 Å². The number of nitrogens with zero attached hydrogens (tertiary/aromatic N) is 1. The molecule has 1 heterocycles. The third-order valence-electron chi connectivity index (χ3n) is 2.98. The summed E-state index contributed by atoms with van der Waals surface area (Å²) in [6, 6.07) is 12.2. The molecule has 0 saturated heterocycles. The SMILES string of the molecule is Cc1cc2cn[nH]c2cc1-c1cccc(N)c1. The largest absolute Gasteiger partial charge is 0.399 e. The van der Waals surface area contributed by atoms with Gasteiger partial charge in [-0.2, -0.15) is 5.10 Å². The molecule has 0 aliphatic carbocycles. The predicted molar refractivity (Wildman–Crippen MR) is 70.7 cm³/mol. The Labute approximate surface area is 99.3 Å². The highest BCUT2D eigenvalue weighted by atomic mass is 15.1. The highest BCUT2D eigenvalue weighted by Crippen LogP contribution is 2.28. The Bertz CT molecular complexity index is 683. The first-order valence-electron chi connectivity index (χ1n) is 5.54. The lowest BCUT2D eigenvalue weighted by atomic mass is 9.99. The third-order valence-corrected chi connectivity index (χ3v) is 2.98. The summed E-state index contributed by atoms with van der Waals surface area (Å²) in [4.78, 5) is 0. The number of aryl methyl sites for hydroxylation is 1. The van der Waals surface area contributed by atoms with Crippen LogP contribution >= 0.6 is 0 Å². The van der Waals surface area contributed by atoms with Gasteiger partial charge in [-0.3, -0.25) is 5.10 Å². The van der Waals surface area contributed by atoms with Crippen molar-refractivity contribution in [1.29, 1.82) is 0 Å². The van der Waals surface area contributed by atoms with E-state index in [1.807, 2.05) is 24.4 Å². The molecular formula is C14H13N3. The molecule has 2 aromatic carbocycles. The van der Waals surface area contributed by atoms with Gasteiger partial charge in [-0.1, -0.05) is 12.1 Å². The second kappa shape index (κ2) is 3.63. The topological polar surface area (TPSA) is 54.7 Å². The summed E-state index contributed by atoms with van der Waals surface area (Å²) in [5.74, 6) is 0. The molecule has 0 fully saturated rings. The van der Waals surface area contributed by atoms with Gasteiger partial charge in [0.05, 0.1) is 11.7 Å². The zero-order valence-electron chi connectivity index (χ0n) is 9.57. The molecule has 0 aliphatic heterocycles. The molecule has 0 atom stereocenters. The van der Waals surface area contributed by atoms with Crippen LogP contribution in [0.5, 0.6) is 0 Å². The highest BCUT2D eigenvalue weighted by molar-refractivity contribution is 5.86. The Balaban J connectivity index is 2.25. The van der Waals surface area contributed by atoms with E-state index >= 15 is 0 Å². The van der Waals surface area contributed by atoms with Crippen LogP contribution in [0.2, 0.25) is 0 Å². The lowest BCUT2D eigenvalue weighted by Crippen LogP contribution is -1.87. The van der Waals surface area contributed by atoms with Crippen LogP contribution in [0.1, 0.15) is 5.56 Å². The summed E-state index contributed by atoms with van der Waals surface area (Å²) in [5.41, 5.74) is 11.2. The van der Waals surface area contributed by atoms with Crippen LogP contribution in [0, 0.1) is 6.92 Å². The van der Waals surface area contributed by atoms with E-state index in [-0.39, 0.29) is 0 Å². The van der Waals surface area contributed by atoms with E-state index in [0.717, 1.165) is 22.2 Å². The second-order valence-corrected chi connectivity index (χ2v) is 4.25. The summed E-state index contributed by atoms with van der Waals surface area (Å²) in [7, 11) is 0. The van der Waals surface area contributed by atoms with Crippen LogP contribution in [0.25, 0.3) is 22.0 Å². The van der Waals surface area contributed by atoms with Gasteiger partial charge in [-0.15, -0.1) is 0 Å². The Morgan fingerprint density at radius 3 is 2.88 bits per heavy atom. The standard InChI is InChI=1S/C14H13N3/c1-9-5-11-8-16-17-14(11)7-13(9)10-3-2-4-12(15)6-10/h2-8H,15H2,1H3,(H,16,17). The van der Waals surface area contributed by atoms with Crippen molar-refractivity contribution >= 4 is 16.6 Å². The normalized spacial score (nSPS) is 10.9. The van der Waals surface area contributed by atoms with E-state index in [1.165, 1.54) is 11.1 Å². The molecule has 3 rings (SSSR count). The molecule has 17 heavy (non-hydrogen) atoms. The Morgan fingerprint density at radius 2 is 2.06 bits per heavy atom. The van der Waals surface area contributed by atoms with Crippen molar-refractivity contribution in [2.75, 3.05) is 5.73 Å². The highest BCUT2D eigenvalue weighted by Gasteiger charge is 2.05. The van der Waals surface area contributed by atoms with E-state index in [0.29, 0.717) is 0 Å². The molecule has 3 heteroatoms. The number of hydrogen-bond acceptors (Lipinski definition) is 2. The van der Waals surface area contributed by atoms with Crippen LogP contribution in [0.4, 0.5) is 5.69 Å². The first-order chi connectivity index (χ1) is 8.24. The molecule has 0 spiro atoms. The molecule has 0 saturated carbocycles. The number of nitrogen functional groups attached to an aromatic ring is 1. The van der Waals surface area contributed by atoms with Gasteiger partial charge in [0.2, 0.25) is 0 Å². The van der Waals surface area contributed by atoms with Gasteiger partial charge in [0.15, 0.2) is 0 Å². The van der Waals surface area contributed by atoms with Crippen molar-refractivity contribution in [2.45, 2.75) is 6.92 Å². The Hall–Kier alpha value is -2.29. The number of benzene rings is 2. The Kier molecular flexibility index (Phi) is 2.11. The van der Waals surface area contributed by atoms with Crippen LogP contribution in [0.3, 0.4) is 0 Å². The van der Waals surface area contributed by atoms with Crippen LogP contribution < -0.4 is 5.73 Å². The average molecular weight is 223 g/mol. The molecule has 3 N–H and O–H groups in total. The lowest BCUT2D eigenvalue weighted by Gasteiger charge is -2.07. The molecule has 3 nitrogen and oxygen atoms in total. The number of anilines is 1. The summed E-state index contributed by atoms with van der Waals surface area (Å²) in [6.45, 7) is 2.10. The summed E-state index contributed by atoms with van der Waals surface area (Å²) >= 11 is 0. The van der Waals surface area contributed by atoms with E-state index < -0.39 is 0 Å². The lowest BCUT2D eigenvalue weighted by molar-refractivity contribution is 1.12. The number of aromatic amines is 1. The number of H-pyrrole nitrogens is 1. The van der Waals surface area contributed by atoms with Crippen molar-refractivity contribution in [3.63, 3.8) is 0 Å². The minimum Gasteiger partial charge on any atom is -0.399 e. The number of nitrogens with two attached hydrogens (primary N) is 1. The number of rotatable bonds is 1. The predicted octanol–water partition coefficient (Wildman–Crippen LogP) is 3.12. The maximum Gasteiger partial charge on any atom is 0.0656 e. The molecule has 3 aromatic rings. The van der Waals surface area contributed by atoms with Crippen molar-refractivity contribution in [1.82, 2.24) is 10.2 Å². The fourth-order valence-corrected chi connectivity index (χ4v) is 2.12. The van der Waals surface area contributed by atoms with Gasteiger partial charge < -0.3 is 5.73 Å². The van der Waals surface area contributed by atoms with Crippen molar-refractivity contribution in [2.24, 2.45) is 0 Å². The van der Waals surface area contributed by atoms with Gasteiger partial charge in [-0.05, 0) is 47.9 Å². The fraction of sp³-hybridized carbons (Fsp3) is 0.0714. The number of nitrogens with one attached hydrogen (secondary N) is 1. The monoisotopic (exact) mass is 223 g/mol. The molecule has 0 aliphatic rings. The first-order valence-corrected chi connectivity index (χ1v) is 5.54. The van der Waals surface area contributed by atoms with Crippen molar-refractivity contribution in [3.05, 3.63) is 48.2 Å². The second-order valence-electron chi connectivity index (χ2n) is 4.25. The summed E-state index contributed by atoms with van der Waals surface area (Å²) in [6.07, 6.45) is 1.84.